The maximum Gasteiger partial charge on any atom is 0.0468 e. The van der Waals surface area contributed by atoms with Crippen molar-refractivity contribution in [3.8, 4) is 0 Å². The minimum absolute atomic E-state index is 0.766. The third-order valence-electron chi connectivity index (χ3n) is 3.63. The van der Waals surface area contributed by atoms with Crippen LogP contribution in [0.3, 0.4) is 0 Å². The molecular formula is C19H32O. The fourth-order valence-electron chi connectivity index (χ4n) is 2.73. The van der Waals surface area contributed by atoms with Crippen LogP contribution < -0.4 is 0 Å². The van der Waals surface area contributed by atoms with Crippen molar-refractivity contribution in [2.24, 2.45) is 17.8 Å². The van der Waals surface area contributed by atoms with Crippen LogP contribution in [0.25, 0.3) is 0 Å². The largest absolute Gasteiger partial charge is 0.381 e. The van der Waals surface area contributed by atoms with Crippen LogP contribution in [0.1, 0.15) is 52.5 Å². The minimum Gasteiger partial charge on any atom is -0.381 e. The van der Waals surface area contributed by atoms with Crippen LogP contribution in [0.4, 0.5) is 0 Å². The molecule has 1 heteroatoms. The summed E-state index contributed by atoms with van der Waals surface area (Å²) in [6.07, 6.45) is 5.17. The molecule has 0 saturated carbocycles. The summed E-state index contributed by atoms with van der Waals surface area (Å²) in [7, 11) is 0. The van der Waals surface area contributed by atoms with E-state index in [1.54, 1.807) is 0 Å². The Kier molecular flexibility index (Phi) is 8.60. The van der Waals surface area contributed by atoms with Crippen molar-refractivity contribution < 1.29 is 4.74 Å². The minimum atomic E-state index is 0.766. The first-order valence-corrected chi connectivity index (χ1v) is 8.19. The fourth-order valence-corrected chi connectivity index (χ4v) is 2.73. The van der Waals surface area contributed by atoms with Crippen LogP contribution in [0.2, 0.25) is 0 Å². The van der Waals surface area contributed by atoms with Gasteiger partial charge in [-0.15, -0.1) is 0 Å². The van der Waals surface area contributed by atoms with Crippen molar-refractivity contribution in [1.82, 2.24) is 0 Å². The molecule has 1 aliphatic heterocycles. The van der Waals surface area contributed by atoms with Gasteiger partial charge in [0.1, 0.15) is 0 Å². The molecule has 1 fully saturated rings. The van der Waals surface area contributed by atoms with Gasteiger partial charge in [0.2, 0.25) is 0 Å². The molecule has 0 N–H and O–H groups in total. The molecule has 0 aliphatic carbocycles. The van der Waals surface area contributed by atoms with Crippen LogP contribution in [0, 0.1) is 17.8 Å². The Morgan fingerprint density at radius 2 is 1.55 bits per heavy atom. The van der Waals surface area contributed by atoms with E-state index < -0.39 is 0 Å². The maximum atomic E-state index is 5.28. The molecule has 114 valence electrons. The zero-order chi connectivity index (χ0) is 14.8. The van der Waals surface area contributed by atoms with Crippen LogP contribution in [0.15, 0.2) is 30.3 Å². The predicted molar refractivity (Wildman–Crippen MR) is 88.0 cm³/mol. The molecule has 1 aromatic carbocycles. The van der Waals surface area contributed by atoms with Crippen molar-refractivity contribution in [2.45, 2.75) is 53.4 Å². The second-order valence-corrected chi connectivity index (χ2v) is 6.77. The lowest BCUT2D eigenvalue weighted by atomic mass is 9.91. The zero-order valence-electron chi connectivity index (χ0n) is 13.8. The van der Waals surface area contributed by atoms with Gasteiger partial charge in [0.25, 0.3) is 0 Å². The normalized spacial score (nSPS) is 16.1. The molecule has 1 aromatic rings. The molecule has 20 heavy (non-hydrogen) atoms. The average molecular weight is 276 g/mol. The third-order valence-corrected chi connectivity index (χ3v) is 3.63. The van der Waals surface area contributed by atoms with Crippen molar-refractivity contribution in [3.05, 3.63) is 35.9 Å². The van der Waals surface area contributed by atoms with Gasteiger partial charge in [-0.05, 0) is 49.0 Å². The van der Waals surface area contributed by atoms with Crippen LogP contribution in [-0.4, -0.2) is 13.2 Å². The van der Waals surface area contributed by atoms with Crippen molar-refractivity contribution >= 4 is 0 Å². The van der Waals surface area contributed by atoms with Crippen LogP contribution in [0.5, 0.6) is 0 Å². The van der Waals surface area contributed by atoms with Crippen molar-refractivity contribution in [2.75, 3.05) is 13.2 Å². The fraction of sp³-hybridized carbons (Fsp3) is 0.684. The first-order valence-electron chi connectivity index (χ1n) is 8.19. The first-order chi connectivity index (χ1) is 9.58. The topological polar surface area (TPSA) is 9.23 Å². The highest BCUT2D eigenvalue weighted by Gasteiger charge is 2.14. The maximum absolute atomic E-state index is 5.28. The smallest absolute Gasteiger partial charge is 0.0468 e. The molecule has 0 unspecified atom stereocenters. The lowest BCUT2D eigenvalue weighted by molar-refractivity contribution is 0.0602. The lowest BCUT2D eigenvalue weighted by Crippen LogP contribution is -2.16. The SMILES string of the molecule is CC(C)CC1CCOCC1.CC(C)Cc1ccccc1. The van der Waals surface area contributed by atoms with E-state index in [9.17, 15) is 0 Å². The Hall–Kier alpha value is -0.820. The summed E-state index contributed by atoms with van der Waals surface area (Å²) in [6.45, 7) is 11.1. The number of ether oxygens (including phenoxy) is 1. The Labute approximate surface area is 125 Å². The van der Waals surface area contributed by atoms with Gasteiger partial charge in [-0.25, -0.2) is 0 Å². The Bertz CT molecular complexity index is 323. The number of benzene rings is 1. The zero-order valence-corrected chi connectivity index (χ0v) is 13.8. The van der Waals surface area contributed by atoms with Gasteiger partial charge >= 0.3 is 0 Å². The molecular weight excluding hydrogens is 244 g/mol. The van der Waals surface area contributed by atoms with E-state index in [2.05, 4.69) is 58.0 Å². The molecule has 1 saturated heterocycles. The highest BCUT2D eigenvalue weighted by Crippen LogP contribution is 2.22. The van der Waals surface area contributed by atoms with E-state index in [0.29, 0.717) is 0 Å². The summed E-state index contributed by atoms with van der Waals surface area (Å²) in [6, 6.07) is 10.6. The third kappa shape index (κ3) is 8.37. The molecule has 1 heterocycles. The summed E-state index contributed by atoms with van der Waals surface area (Å²) in [4.78, 5) is 0. The molecule has 1 aliphatic rings. The van der Waals surface area contributed by atoms with Gasteiger partial charge in [0.05, 0.1) is 0 Å². The predicted octanol–water partition coefficient (Wildman–Crippen LogP) is 5.34. The van der Waals surface area contributed by atoms with E-state index in [0.717, 1.165) is 31.0 Å². The second kappa shape index (κ2) is 9.99. The Balaban J connectivity index is 0.000000200. The number of hydrogen-bond donors (Lipinski definition) is 0. The molecule has 0 amide bonds. The summed E-state index contributed by atoms with van der Waals surface area (Å²) >= 11 is 0. The summed E-state index contributed by atoms with van der Waals surface area (Å²) in [5.41, 5.74) is 1.44. The molecule has 0 spiro atoms. The van der Waals surface area contributed by atoms with Crippen molar-refractivity contribution in [3.63, 3.8) is 0 Å². The molecule has 0 bridgehead atoms. The van der Waals surface area contributed by atoms with E-state index in [1.165, 1.54) is 31.2 Å². The molecule has 0 aromatic heterocycles. The Morgan fingerprint density at radius 1 is 0.950 bits per heavy atom. The summed E-state index contributed by atoms with van der Waals surface area (Å²) in [5, 5.41) is 0. The molecule has 0 radical (unpaired) electrons. The van der Waals surface area contributed by atoms with Gasteiger partial charge in [-0.3, -0.25) is 0 Å². The molecule has 1 nitrogen and oxygen atoms in total. The van der Waals surface area contributed by atoms with Crippen molar-refractivity contribution in [1.29, 1.82) is 0 Å². The number of hydrogen-bond acceptors (Lipinski definition) is 1. The summed E-state index contributed by atoms with van der Waals surface area (Å²) < 4.78 is 5.28. The highest BCUT2D eigenvalue weighted by molar-refractivity contribution is 5.14. The summed E-state index contributed by atoms with van der Waals surface area (Å²) in [5.74, 6) is 2.58. The second-order valence-electron chi connectivity index (χ2n) is 6.77. The monoisotopic (exact) mass is 276 g/mol. The molecule has 2 rings (SSSR count). The van der Waals surface area contributed by atoms with E-state index >= 15 is 0 Å². The van der Waals surface area contributed by atoms with Gasteiger partial charge < -0.3 is 4.74 Å². The van der Waals surface area contributed by atoms with Gasteiger partial charge in [0, 0.05) is 13.2 Å². The standard InChI is InChI=1S/C10H14.C9H18O/c1-9(2)8-10-6-4-3-5-7-10;1-8(2)7-9-3-5-10-6-4-9/h3-7,9H,8H2,1-2H3;8-9H,3-7H2,1-2H3. The molecule has 0 atom stereocenters. The average Bonchev–Trinajstić information content (AvgIpc) is 2.40. The Morgan fingerprint density at radius 3 is 2.05 bits per heavy atom. The number of rotatable bonds is 4. The van der Waals surface area contributed by atoms with Gasteiger partial charge in [-0.1, -0.05) is 58.0 Å². The van der Waals surface area contributed by atoms with Gasteiger partial charge in [0.15, 0.2) is 0 Å². The van der Waals surface area contributed by atoms with Gasteiger partial charge in [-0.2, -0.15) is 0 Å². The quantitative estimate of drug-likeness (QED) is 0.721. The van der Waals surface area contributed by atoms with E-state index in [-0.39, 0.29) is 0 Å². The van der Waals surface area contributed by atoms with E-state index in [4.69, 9.17) is 4.74 Å². The van der Waals surface area contributed by atoms with E-state index in [1.807, 2.05) is 0 Å². The van der Waals surface area contributed by atoms with Crippen LogP contribution in [-0.2, 0) is 11.2 Å². The first kappa shape index (κ1) is 17.2. The highest BCUT2D eigenvalue weighted by atomic mass is 16.5. The van der Waals surface area contributed by atoms with Crippen LogP contribution >= 0.6 is 0 Å². The lowest BCUT2D eigenvalue weighted by Gasteiger charge is -2.23.